The van der Waals surface area contributed by atoms with E-state index < -0.39 is 0 Å². The summed E-state index contributed by atoms with van der Waals surface area (Å²) in [5, 5.41) is 33.2. The second kappa shape index (κ2) is 20.1. The van der Waals surface area contributed by atoms with E-state index in [9.17, 15) is 0 Å². The Bertz CT molecular complexity index is 190. The van der Waals surface area contributed by atoms with Crippen molar-refractivity contribution in [3.8, 4) is 0 Å². The number of rotatable bonds is 0. The van der Waals surface area contributed by atoms with Crippen molar-refractivity contribution in [3.05, 3.63) is 11.3 Å². The molecule has 0 radical (unpaired) electrons. The molecule has 0 aromatic heterocycles. The summed E-state index contributed by atoms with van der Waals surface area (Å²) in [5.74, 6) is 0.635. The van der Waals surface area contributed by atoms with Crippen LogP contribution >= 0.6 is 0 Å². The summed E-state index contributed by atoms with van der Waals surface area (Å²) in [5.41, 5.74) is 1.19. The van der Waals surface area contributed by atoms with E-state index in [1.165, 1.54) is 18.4 Å². The molecular formula is C16H36O4Ti. The molecule has 0 aromatic carbocycles. The summed E-state index contributed by atoms with van der Waals surface area (Å²) in [6.45, 7) is 12.3. The van der Waals surface area contributed by atoms with Crippen LogP contribution in [0.2, 0.25) is 0 Å². The van der Waals surface area contributed by atoms with E-state index in [1.807, 2.05) is 6.92 Å². The molecule has 0 saturated carbocycles. The van der Waals surface area contributed by atoms with Gasteiger partial charge >= 0.3 is 0 Å². The van der Waals surface area contributed by atoms with E-state index >= 15 is 0 Å². The molecule has 1 aliphatic rings. The van der Waals surface area contributed by atoms with E-state index in [0.717, 1.165) is 12.8 Å². The zero-order valence-corrected chi connectivity index (χ0v) is 16.4. The van der Waals surface area contributed by atoms with Crippen molar-refractivity contribution in [1.29, 1.82) is 0 Å². The maximum absolute atomic E-state index is 9.06. The minimum absolute atomic E-state index is 0. The standard InChI is InChI=1S/C7H12O.3C3H8O.Ti/c1-6-4-2-3-5-7(6)8;3*1-3(2)4;/h8H,2-5H2,1H3;3*3-4H,1-2H3;. The Balaban J connectivity index is -0.0000000973. The summed E-state index contributed by atoms with van der Waals surface area (Å²) < 4.78 is 0. The van der Waals surface area contributed by atoms with Crippen molar-refractivity contribution in [2.45, 2.75) is 92.5 Å². The summed E-state index contributed by atoms with van der Waals surface area (Å²) in [4.78, 5) is 0. The third-order valence-electron chi connectivity index (χ3n) is 1.71. The SMILES string of the molecule is CC(C)O.CC(C)O.CC(C)O.CC1=C(O)CCCC1.[Ti]. The predicted octanol–water partition coefficient (Wildman–Crippen LogP) is 3.55. The Kier molecular flexibility index (Phi) is 28.0. The molecule has 0 aromatic rings. The molecular weight excluding hydrogens is 304 g/mol. The van der Waals surface area contributed by atoms with Gasteiger partial charge in [-0.15, -0.1) is 0 Å². The molecule has 0 heterocycles. The zero-order chi connectivity index (χ0) is 16.7. The fourth-order valence-corrected chi connectivity index (χ4v) is 1.04. The largest absolute Gasteiger partial charge is 0.512 e. The van der Waals surface area contributed by atoms with E-state index in [4.69, 9.17) is 20.4 Å². The third kappa shape index (κ3) is 53.4. The van der Waals surface area contributed by atoms with Gasteiger partial charge < -0.3 is 20.4 Å². The first-order valence-electron chi connectivity index (χ1n) is 7.42. The first-order chi connectivity index (χ1) is 9.00. The number of hydrogen-bond acceptors (Lipinski definition) is 4. The summed E-state index contributed by atoms with van der Waals surface area (Å²) in [6.07, 6.45) is 3.94. The Hall–Kier alpha value is 0.134. The second-order valence-corrected chi connectivity index (χ2v) is 5.72. The predicted molar refractivity (Wildman–Crippen MR) is 85.9 cm³/mol. The molecule has 0 saturated heterocycles. The molecule has 21 heavy (non-hydrogen) atoms. The Morgan fingerprint density at radius 2 is 0.952 bits per heavy atom. The van der Waals surface area contributed by atoms with E-state index in [2.05, 4.69) is 0 Å². The Labute approximate surface area is 146 Å². The normalized spacial score (nSPS) is 13.4. The van der Waals surface area contributed by atoms with Crippen molar-refractivity contribution in [2.75, 3.05) is 0 Å². The summed E-state index contributed by atoms with van der Waals surface area (Å²) in [7, 11) is 0. The fourth-order valence-electron chi connectivity index (χ4n) is 1.04. The van der Waals surface area contributed by atoms with Crippen LogP contribution in [0.15, 0.2) is 11.3 Å². The van der Waals surface area contributed by atoms with Crippen molar-refractivity contribution >= 4 is 0 Å². The Morgan fingerprint density at radius 3 is 1.10 bits per heavy atom. The van der Waals surface area contributed by atoms with Crippen molar-refractivity contribution in [1.82, 2.24) is 0 Å². The van der Waals surface area contributed by atoms with Crippen LogP contribution in [0.25, 0.3) is 0 Å². The molecule has 0 amide bonds. The van der Waals surface area contributed by atoms with Gasteiger partial charge in [-0.1, -0.05) is 0 Å². The van der Waals surface area contributed by atoms with Gasteiger partial charge in [0.05, 0.1) is 5.76 Å². The van der Waals surface area contributed by atoms with Gasteiger partial charge in [0.25, 0.3) is 0 Å². The van der Waals surface area contributed by atoms with Gasteiger partial charge in [0.1, 0.15) is 0 Å². The summed E-state index contributed by atoms with van der Waals surface area (Å²) in [6, 6.07) is 0. The molecule has 4 nitrogen and oxygen atoms in total. The van der Waals surface area contributed by atoms with Crippen molar-refractivity contribution in [3.63, 3.8) is 0 Å². The van der Waals surface area contributed by atoms with Crippen LogP contribution in [0.4, 0.5) is 0 Å². The molecule has 5 heteroatoms. The molecule has 4 N–H and O–H groups in total. The van der Waals surface area contributed by atoms with Gasteiger partial charge in [0, 0.05) is 46.5 Å². The van der Waals surface area contributed by atoms with Crippen molar-refractivity contribution < 1.29 is 42.1 Å². The van der Waals surface area contributed by atoms with Crippen LogP contribution in [0.5, 0.6) is 0 Å². The van der Waals surface area contributed by atoms with Crippen LogP contribution in [-0.4, -0.2) is 38.7 Å². The maximum atomic E-state index is 9.06. The number of aliphatic hydroxyl groups excluding tert-OH is 4. The molecule has 0 unspecified atom stereocenters. The minimum Gasteiger partial charge on any atom is -0.512 e. The molecule has 0 atom stereocenters. The molecule has 128 valence electrons. The second-order valence-electron chi connectivity index (χ2n) is 5.72. The molecule has 0 fully saturated rings. The monoisotopic (exact) mass is 340 g/mol. The van der Waals surface area contributed by atoms with Gasteiger partial charge in [0.15, 0.2) is 0 Å². The van der Waals surface area contributed by atoms with Crippen LogP contribution in [0, 0.1) is 0 Å². The van der Waals surface area contributed by atoms with Gasteiger partial charge in [-0.2, -0.15) is 0 Å². The Morgan fingerprint density at radius 1 is 0.714 bits per heavy atom. The van der Waals surface area contributed by atoms with Crippen LogP contribution in [-0.2, 0) is 21.7 Å². The summed E-state index contributed by atoms with van der Waals surface area (Å²) >= 11 is 0. The van der Waals surface area contributed by atoms with E-state index in [0.29, 0.717) is 5.76 Å². The quantitative estimate of drug-likeness (QED) is 0.508. The van der Waals surface area contributed by atoms with Crippen LogP contribution in [0.3, 0.4) is 0 Å². The first kappa shape index (κ1) is 29.2. The van der Waals surface area contributed by atoms with Gasteiger partial charge in [0.2, 0.25) is 0 Å². The van der Waals surface area contributed by atoms with Gasteiger partial charge in [-0.3, -0.25) is 0 Å². The molecule has 1 aliphatic carbocycles. The third-order valence-corrected chi connectivity index (χ3v) is 1.71. The maximum Gasteiger partial charge on any atom is 0.0911 e. The number of aliphatic hydroxyl groups is 4. The number of allylic oxidation sites excluding steroid dienone is 2. The van der Waals surface area contributed by atoms with Crippen LogP contribution in [0.1, 0.15) is 74.1 Å². The van der Waals surface area contributed by atoms with E-state index in [-0.39, 0.29) is 40.0 Å². The molecule has 0 aliphatic heterocycles. The van der Waals surface area contributed by atoms with Crippen LogP contribution < -0.4 is 0 Å². The average molecular weight is 340 g/mol. The topological polar surface area (TPSA) is 80.9 Å². The first-order valence-corrected chi connectivity index (χ1v) is 7.42. The van der Waals surface area contributed by atoms with E-state index in [1.54, 1.807) is 41.5 Å². The molecule has 0 spiro atoms. The van der Waals surface area contributed by atoms with Crippen molar-refractivity contribution in [2.24, 2.45) is 0 Å². The van der Waals surface area contributed by atoms with Gasteiger partial charge in [-0.25, -0.2) is 0 Å². The smallest absolute Gasteiger partial charge is 0.0911 e. The average Bonchev–Trinajstić information content (AvgIpc) is 2.20. The van der Waals surface area contributed by atoms with Gasteiger partial charge in [-0.05, 0) is 73.3 Å². The number of hydrogen-bond donors (Lipinski definition) is 4. The zero-order valence-electron chi connectivity index (χ0n) is 14.8. The molecule has 0 bridgehead atoms. The fraction of sp³-hybridized carbons (Fsp3) is 0.875. The minimum atomic E-state index is -0.167. The molecule has 1 rings (SSSR count).